The third-order valence-electron chi connectivity index (χ3n) is 3.79. The maximum absolute atomic E-state index is 12.8. The minimum Gasteiger partial charge on any atom is -0.468 e. The average Bonchev–Trinajstić information content (AvgIpc) is 3.13. The number of carbonyl (C=O) groups is 2. The van der Waals surface area contributed by atoms with E-state index in [1.165, 1.54) is 12.1 Å². The van der Waals surface area contributed by atoms with Gasteiger partial charge in [-0.1, -0.05) is 17.4 Å². The molecule has 1 saturated heterocycles. The molecule has 0 aromatic heterocycles. The van der Waals surface area contributed by atoms with Crippen molar-refractivity contribution in [3.05, 3.63) is 23.8 Å². The predicted molar refractivity (Wildman–Crippen MR) is 85.2 cm³/mol. The number of methoxy groups -OCH3 is 2. The smallest absolute Gasteiger partial charge is 0.468 e. The molecule has 0 aliphatic carbocycles. The lowest BCUT2D eigenvalue weighted by molar-refractivity contribution is -0.274. The second kappa shape index (κ2) is 8.69. The molecule has 2 rings (SSSR count). The number of halogens is 3. The van der Waals surface area contributed by atoms with E-state index in [9.17, 15) is 22.8 Å². The van der Waals surface area contributed by atoms with Crippen LogP contribution in [0.15, 0.2) is 28.5 Å². The summed E-state index contributed by atoms with van der Waals surface area (Å²) in [6.07, 6.45) is -3.25. The highest BCUT2D eigenvalue weighted by molar-refractivity contribution is 6.02. The SMILES string of the molecule is COC(=O)C(C(=O)OC)c1cccc(OC(F)(F)F)c1N=NN1CCCC1. The largest absolute Gasteiger partial charge is 0.573 e. The molecule has 27 heavy (non-hydrogen) atoms. The topological polar surface area (TPSA) is 89.8 Å². The first-order valence-corrected chi connectivity index (χ1v) is 7.97. The van der Waals surface area contributed by atoms with Gasteiger partial charge in [-0.3, -0.25) is 14.6 Å². The summed E-state index contributed by atoms with van der Waals surface area (Å²) >= 11 is 0. The Morgan fingerprint density at radius 1 is 1.11 bits per heavy atom. The van der Waals surface area contributed by atoms with Gasteiger partial charge in [-0.15, -0.1) is 18.3 Å². The van der Waals surface area contributed by atoms with Crippen molar-refractivity contribution < 1.29 is 37.0 Å². The Kier molecular flexibility index (Phi) is 6.59. The van der Waals surface area contributed by atoms with E-state index in [0.717, 1.165) is 33.1 Å². The lowest BCUT2D eigenvalue weighted by atomic mass is 9.97. The van der Waals surface area contributed by atoms with Gasteiger partial charge in [0, 0.05) is 18.7 Å². The maximum atomic E-state index is 12.8. The fourth-order valence-electron chi connectivity index (χ4n) is 2.57. The summed E-state index contributed by atoms with van der Waals surface area (Å²) in [6, 6.07) is 3.48. The molecule has 0 spiro atoms. The Morgan fingerprint density at radius 2 is 1.70 bits per heavy atom. The van der Waals surface area contributed by atoms with Gasteiger partial charge < -0.3 is 14.2 Å². The highest BCUT2D eigenvalue weighted by atomic mass is 19.4. The molecule has 1 heterocycles. The molecule has 0 N–H and O–H groups in total. The lowest BCUT2D eigenvalue weighted by Gasteiger charge is -2.18. The van der Waals surface area contributed by atoms with Crippen LogP contribution < -0.4 is 4.74 Å². The van der Waals surface area contributed by atoms with Gasteiger partial charge in [-0.05, 0) is 18.9 Å². The summed E-state index contributed by atoms with van der Waals surface area (Å²) in [6.45, 7) is 1.19. The molecule has 0 amide bonds. The fourth-order valence-corrected chi connectivity index (χ4v) is 2.57. The van der Waals surface area contributed by atoms with Crippen molar-refractivity contribution in [3.63, 3.8) is 0 Å². The molecule has 1 aromatic rings. The number of hydrogen-bond donors (Lipinski definition) is 0. The fraction of sp³-hybridized carbons (Fsp3) is 0.500. The van der Waals surface area contributed by atoms with Crippen LogP contribution in [-0.2, 0) is 19.1 Å². The van der Waals surface area contributed by atoms with Crippen molar-refractivity contribution in [2.45, 2.75) is 25.1 Å². The summed E-state index contributed by atoms with van der Waals surface area (Å²) in [7, 11) is 2.08. The van der Waals surface area contributed by atoms with Crippen LogP contribution in [0.5, 0.6) is 5.75 Å². The first-order chi connectivity index (χ1) is 12.8. The number of rotatable bonds is 6. The highest BCUT2D eigenvalue weighted by Gasteiger charge is 2.37. The Hall–Kier alpha value is -2.85. The Labute approximate surface area is 152 Å². The molecule has 1 fully saturated rings. The van der Waals surface area contributed by atoms with Gasteiger partial charge in [-0.25, -0.2) is 0 Å². The number of esters is 2. The van der Waals surface area contributed by atoms with Gasteiger partial charge in [-0.2, -0.15) is 0 Å². The van der Waals surface area contributed by atoms with Gasteiger partial charge >= 0.3 is 18.3 Å². The van der Waals surface area contributed by atoms with Gasteiger partial charge in [0.05, 0.1) is 14.2 Å². The number of nitrogens with zero attached hydrogens (tertiary/aromatic N) is 3. The van der Waals surface area contributed by atoms with Crippen LogP contribution >= 0.6 is 0 Å². The summed E-state index contributed by atoms with van der Waals surface area (Å²) < 4.78 is 51.4. The Morgan fingerprint density at radius 3 is 2.22 bits per heavy atom. The standard InChI is InChI=1S/C16H18F3N3O5/c1-25-14(23)12(15(24)26-2)10-6-5-7-11(27-16(17,18)19)13(10)20-21-22-8-3-4-9-22/h5-7,12H,3-4,8-9H2,1-2H3. The zero-order valence-corrected chi connectivity index (χ0v) is 14.7. The van der Waals surface area contributed by atoms with Crippen LogP contribution in [0.2, 0.25) is 0 Å². The molecule has 0 radical (unpaired) electrons. The maximum Gasteiger partial charge on any atom is 0.573 e. The molecular weight excluding hydrogens is 371 g/mol. The van der Waals surface area contributed by atoms with E-state index in [4.69, 9.17) is 0 Å². The van der Waals surface area contributed by atoms with Crippen LogP contribution in [-0.4, -0.2) is 50.6 Å². The predicted octanol–water partition coefficient (Wildman–Crippen LogP) is 3.11. The molecule has 0 saturated carbocycles. The molecule has 1 aliphatic heterocycles. The van der Waals surface area contributed by atoms with E-state index in [0.29, 0.717) is 13.1 Å². The average molecular weight is 389 g/mol. The molecule has 11 heteroatoms. The summed E-state index contributed by atoms with van der Waals surface area (Å²) in [5, 5.41) is 9.31. The van der Waals surface area contributed by atoms with E-state index < -0.39 is 35.7 Å². The summed E-state index contributed by atoms with van der Waals surface area (Å²) in [4.78, 5) is 24.1. The van der Waals surface area contributed by atoms with Gasteiger partial charge in [0.1, 0.15) is 5.69 Å². The number of ether oxygens (including phenoxy) is 3. The molecule has 1 aromatic carbocycles. The van der Waals surface area contributed by atoms with Crippen molar-refractivity contribution in [3.8, 4) is 5.75 Å². The number of alkyl halides is 3. The summed E-state index contributed by atoms with van der Waals surface area (Å²) in [5.74, 6) is -4.35. The summed E-state index contributed by atoms with van der Waals surface area (Å²) in [5.41, 5.74) is -0.569. The van der Waals surface area contributed by atoms with Crippen LogP contribution in [0.1, 0.15) is 24.3 Å². The molecule has 1 aliphatic rings. The normalized spacial score (nSPS) is 14.7. The molecular formula is C16H18F3N3O5. The van der Waals surface area contributed by atoms with E-state index in [1.54, 1.807) is 5.01 Å². The first kappa shape index (κ1) is 20.5. The number of hydrogen-bond acceptors (Lipinski definition) is 7. The van der Waals surface area contributed by atoms with Gasteiger partial charge in [0.15, 0.2) is 11.7 Å². The molecule has 0 bridgehead atoms. The van der Waals surface area contributed by atoms with Crippen molar-refractivity contribution in [2.24, 2.45) is 10.3 Å². The minimum absolute atomic E-state index is 0.168. The van der Waals surface area contributed by atoms with Crippen LogP contribution in [0.3, 0.4) is 0 Å². The molecule has 8 nitrogen and oxygen atoms in total. The van der Waals surface area contributed by atoms with Crippen molar-refractivity contribution in [1.29, 1.82) is 0 Å². The molecule has 0 unspecified atom stereocenters. The van der Waals surface area contributed by atoms with Gasteiger partial charge in [0.25, 0.3) is 0 Å². The molecule has 0 atom stereocenters. The van der Waals surface area contributed by atoms with E-state index >= 15 is 0 Å². The third-order valence-corrected chi connectivity index (χ3v) is 3.79. The lowest BCUT2D eigenvalue weighted by Crippen LogP contribution is -2.25. The van der Waals surface area contributed by atoms with E-state index in [1.807, 2.05) is 0 Å². The van der Waals surface area contributed by atoms with Gasteiger partial charge in [0.2, 0.25) is 0 Å². The minimum atomic E-state index is -5.00. The van der Waals surface area contributed by atoms with E-state index in [-0.39, 0.29) is 5.56 Å². The van der Waals surface area contributed by atoms with Crippen molar-refractivity contribution >= 4 is 17.6 Å². The molecule has 148 valence electrons. The zero-order chi connectivity index (χ0) is 20.0. The first-order valence-electron chi connectivity index (χ1n) is 7.97. The van der Waals surface area contributed by atoms with E-state index in [2.05, 4.69) is 24.5 Å². The second-order valence-corrected chi connectivity index (χ2v) is 5.57. The number of benzene rings is 1. The number of carbonyl (C=O) groups excluding carboxylic acids is 2. The highest BCUT2D eigenvalue weighted by Crippen LogP contribution is 2.40. The Bertz CT molecular complexity index is 702. The monoisotopic (exact) mass is 389 g/mol. The Balaban J connectivity index is 2.54. The zero-order valence-electron chi connectivity index (χ0n) is 14.7. The van der Waals surface area contributed by atoms with Crippen LogP contribution in [0, 0.1) is 0 Å². The third kappa shape index (κ3) is 5.31. The quantitative estimate of drug-likeness (QED) is 0.422. The van der Waals surface area contributed by atoms with Crippen LogP contribution in [0.4, 0.5) is 18.9 Å². The van der Waals surface area contributed by atoms with Crippen molar-refractivity contribution in [2.75, 3.05) is 27.3 Å². The van der Waals surface area contributed by atoms with Crippen molar-refractivity contribution in [1.82, 2.24) is 5.01 Å². The van der Waals surface area contributed by atoms with Crippen LogP contribution in [0.25, 0.3) is 0 Å². The second-order valence-electron chi connectivity index (χ2n) is 5.57.